The lowest BCUT2D eigenvalue weighted by molar-refractivity contribution is -0.126. The first-order valence-electron chi connectivity index (χ1n) is 13.6. The van der Waals surface area contributed by atoms with Crippen molar-refractivity contribution in [3.8, 4) is 0 Å². The number of H-pyrrole nitrogens is 1. The summed E-state index contributed by atoms with van der Waals surface area (Å²) in [5.41, 5.74) is 3.95. The Labute approximate surface area is 238 Å². The molecule has 4 atom stereocenters. The molecule has 3 aromatic rings. The summed E-state index contributed by atoms with van der Waals surface area (Å²) in [4.78, 5) is 62.8. The largest absolute Gasteiger partial charge is 0.387 e. The first-order chi connectivity index (χ1) is 20.2. The number of nitrogens with two attached hydrogens (primary N) is 1. The van der Waals surface area contributed by atoms with Crippen LogP contribution in [-0.4, -0.2) is 123 Å². The van der Waals surface area contributed by atoms with Crippen molar-refractivity contribution in [3.05, 3.63) is 49.3 Å². The molecule has 2 fully saturated rings. The summed E-state index contributed by atoms with van der Waals surface area (Å²) < 4.78 is 7.12. The zero-order chi connectivity index (χ0) is 30.0. The Hall–Kier alpha value is -4.16. The molecule has 0 aliphatic carbocycles. The van der Waals surface area contributed by atoms with E-state index >= 15 is 0 Å². The van der Waals surface area contributed by atoms with Crippen LogP contribution in [0.1, 0.15) is 6.23 Å². The summed E-state index contributed by atoms with van der Waals surface area (Å²) in [5.74, 6) is -0.170. The van der Waals surface area contributed by atoms with Crippen LogP contribution in [0.3, 0.4) is 0 Å². The van der Waals surface area contributed by atoms with Crippen molar-refractivity contribution in [2.75, 3.05) is 75.8 Å². The predicted octanol–water partition coefficient (Wildman–Crippen LogP) is -3.64. The Morgan fingerprint density at radius 3 is 2.64 bits per heavy atom. The molecule has 1 amide bonds. The van der Waals surface area contributed by atoms with E-state index < -0.39 is 41.0 Å². The van der Waals surface area contributed by atoms with Gasteiger partial charge in [-0.25, -0.2) is 4.98 Å². The topological polar surface area (TPSA) is 233 Å². The lowest BCUT2D eigenvalue weighted by Crippen LogP contribution is -2.45. The van der Waals surface area contributed by atoms with E-state index in [4.69, 9.17) is 10.5 Å². The fourth-order valence-electron chi connectivity index (χ4n) is 4.98. The van der Waals surface area contributed by atoms with Gasteiger partial charge >= 0.3 is 0 Å². The van der Waals surface area contributed by atoms with Crippen molar-refractivity contribution in [3.63, 3.8) is 0 Å². The number of anilines is 3. The maximum absolute atomic E-state index is 12.2. The SMILES string of the molecule is CN(C/C=C/C(=O)N1CCNCC1)CCNc1c(NC[C@H]2O[C@@H](n3cnc4c(=O)[nH]c(N)nc43)[C@H](O)[C@@H]2O)c(=O)c1=O. The summed E-state index contributed by atoms with van der Waals surface area (Å²) >= 11 is 0. The number of likely N-dealkylation sites (N-methyl/N-ethyl adjacent to an activating group) is 1. The van der Waals surface area contributed by atoms with Gasteiger partial charge < -0.3 is 46.4 Å². The number of piperazine rings is 1. The van der Waals surface area contributed by atoms with Gasteiger partial charge in [-0.05, 0) is 7.05 Å². The molecule has 1 aromatic carbocycles. The number of imidazole rings is 1. The number of rotatable bonds is 11. The molecule has 4 heterocycles. The molecule has 8 N–H and O–H groups in total. The molecule has 2 aromatic heterocycles. The molecule has 2 saturated heterocycles. The monoisotopic (exact) mass is 586 g/mol. The Bertz CT molecular complexity index is 1590. The number of aromatic amines is 1. The summed E-state index contributed by atoms with van der Waals surface area (Å²) in [6, 6.07) is 0. The van der Waals surface area contributed by atoms with E-state index in [9.17, 15) is 29.4 Å². The van der Waals surface area contributed by atoms with Crippen LogP contribution < -0.4 is 38.1 Å². The summed E-state index contributed by atoms with van der Waals surface area (Å²) in [6.07, 6.45) is -0.262. The fourth-order valence-corrected chi connectivity index (χ4v) is 4.98. The van der Waals surface area contributed by atoms with Gasteiger partial charge in [-0.3, -0.25) is 28.7 Å². The first-order valence-corrected chi connectivity index (χ1v) is 13.6. The highest BCUT2D eigenvalue weighted by atomic mass is 16.6. The van der Waals surface area contributed by atoms with Gasteiger partial charge in [-0.2, -0.15) is 4.98 Å². The van der Waals surface area contributed by atoms with E-state index in [0.29, 0.717) is 32.7 Å². The third-order valence-electron chi connectivity index (χ3n) is 7.35. The van der Waals surface area contributed by atoms with Gasteiger partial charge in [0.15, 0.2) is 17.4 Å². The third-order valence-corrected chi connectivity index (χ3v) is 7.35. The molecule has 0 radical (unpaired) electrons. The Balaban J connectivity index is 1.12. The molecular weight excluding hydrogens is 552 g/mol. The van der Waals surface area contributed by atoms with Gasteiger partial charge in [-0.1, -0.05) is 6.08 Å². The number of aliphatic hydroxyl groups is 2. The minimum Gasteiger partial charge on any atom is -0.387 e. The zero-order valence-corrected chi connectivity index (χ0v) is 22.9. The number of carbonyl (C=O) groups excluding carboxylic acids is 1. The van der Waals surface area contributed by atoms with Crippen molar-refractivity contribution >= 4 is 34.4 Å². The van der Waals surface area contributed by atoms with E-state index in [1.165, 1.54) is 10.9 Å². The smallest absolute Gasteiger partial charge is 0.280 e. The average Bonchev–Trinajstić information content (AvgIpc) is 3.52. The number of nitrogen functional groups attached to an aromatic ring is 1. The number of nitrogens with zero attached hydrogens (tertiary/aromatic N) is 5. The number of aliphatic hydroxyl groups excluding tert-OH is 2. The molecule has 17 nitrogen and oxygen atoms in total. The fraction of sp³-hybridized carbons (Fsp3) is 0.520. The second-order valence-corrected chi connectivity index (χ2v) is 10.3. The summed E-state index contributed by atoms with van der Waals surface area (Å²) in [6.45, 7) is 4.27. The molecular formula is C25H34N10O7. The average molecular weight is 587 g/mol. The van der Waals surface area contributed by atoms with Crippen LogP contribution in [0.4, 0.5) is 17.3 Å². The maximum atomic E-state index is 12.2. The second kappa shape index (κ2) is 12.4. The number of hydrogen-bond acceptors (Lipinski definition) is 14. The van der Waals surface area contributed by atoms with Crippen LogP contribution in [0, 0.1) is 0 Å². The Morgan fingerprint density at radius 2 is 1.90 bits per heavy atom. The molecule has 17 heteroatoms. The number of hydrogen-bond donors (Lipinski definition) is 7. The van der Waals surface area contributed by atoms with Gasteiger partial charge in [-0.15, -0.1) is 0 Å². The minimum atomic E-state index is -1.40. The highest BCUT2D eigenvalue weighted by Gasteiger charge is 2.44. The maximum Gasteiger partial charge on any atom is 0.280 e. The Morgan fingerprint density at radius 1 is 1.19 bits per heavy atom. The van der Waals surface area contributed by atoms with Crippen molar-refractivity contribution in [2.45, 2.75) is 24.5 Å². The van der Waals surface area contributed by atoms with Gasteiger partial charge in [0.2, 0.25) is 11.9 Å². The van der Waals surface area contributed by atoms with Crippen molar-refractivity contribution in [1.29, 1.82) is 0 Å². The Kier molecular flexibility index (Phi) is 8.64. The van der Waals surface area contributed by atoms with Crippen molar-refractivity contribution in [1.82, 2.24) is 34.6 Å². The van der Waals surface area contributed by atoms with Gasteiger partial charge in [0.25, 0.3) is 16.4 Å². The molecule has 0 bridgehead atoms. The number of aromatic nitrogens is 4. The molecule has 0 unspecified atom stereocenters. The molecule has 0 spiro atoms. The summed E-state index contributed by atoms with van der Waals surface area (Å²) in [7, 11) is 1.87. The van der Waals surface area contributed by atoms with E-state index in [2.05, 4.69) is 30.9 Å². The molecule has 0 saturated carbocycles. The van der Waals surface area contributed by atoms with Crippen LogP contribution in [-0.2, 0) is 9.53 Å². The van der Waals surface area contributed by atoms with Gasteiger partial charge in [0, 0.05) is 58.4 Å². The minimum absolute atomic E-state index is 0.0131. The highest BCUT2D eigenvalue weighted by molar-refractivity contribution is 5.87. The lowest BCUT2D eigenvalue weighted by atomic mass is 10.1. The predicted molar refractivity (Wildman–Crippen MR) is 153 cm³/mol. The molecule has 42 heavy (non-hydrogen) atoms. The normalized spacial score (nSPS) is 23.0. The molecule has 2 aliphatic heterocycles. The van der Waals surface area contributed by atoms with E-state index in [1.807, 2.05) is 11.9 Å². The van der Waals surface area contributed by atoms with Crippen molar-refractivity contribution < 1.29 is 19.7 Å². The van der Waals surface area contributed by atoms with E-state index in [-0.39, 0.29) is 40.9 Å². The first kappa shape index (κ1) is 29.3. The number of nitrogens with one attached hydrogen (secondary N) is 4. The van der Waals surface area contributed by atoms with Crippen LogP contribution >= 0.6 is 0 Å². The zero-order valence-electron chi connectivity index (χ0n) is 22.9. The molecule has 5 rings (SSSR count). The summed E-state index contributed by atoms with van der Waals surface area (Å²) in [5, 5.41) is 30.2. The van der Waals surface area contributed by atoms with Crippen LogP contribution in [0.15, 0.2) is 32.9 Å². The second-order valence-electron chi connectivity index (χ2n) is 10.3. The van der Waals surface area contributed by atoms with Gasteiger partial charge in [0.05, 0.1) is 6.33 Å². The van der Waals surface area contributed by atoms with Crippen LogP contribution in [0.2, 0.25) is 0 Å². The molecule has 2 aliphatic rings. The van der Waals surface area contributed by atoms with Gasteiger partial charge in [0.1, 0.15) is 29.7 Å². The van der Waals surface area contributed by atoms with Crippen LogP contribution in [0.25, 0.3) is 11.2 Å². The number of carbonyl (C=O) groups is 1. The quantitative estimate of drug-likeness (QED) is 0.0849. The number of fused-ring (bicyclic) bond motifs is 1. The standard InChI is InChI=1S/C25H34N10O7/c1-33(7-2-3-14(36)34-9-4-27-5-10-34)8-6-28-15-16(20(39)19(15)38)29-11-13-18(37)21(40)24(42-13)35-12-30-17-22(35)31-25(26)32-23(17)41/h2-3,12-13,18,21,24,27-29,37,40H,4-11H2,1H3,(H3,26,31,32,41)/b3-2+/t13-,18-,21-,24-/m1/s1. The van der Waals surface area contributed by atoms with Crippen LogP contribution in [0.5, 0.6) is 0 Å². The number of amides is 1. The third kappa shape index (κ3) is 5.90. The van der Waals surface area contributed by atoms with E-state index in [0.717, 1.165) is 13.1 Å². The lowest BCUT2D eigenvalue weighted by Gasteiger charge is -2.26. The highest BCUT2D eigenvalue weighted by Crippen LogP contribution is 2.31. The van der Waals surface area contributed by atoms with E-state index in [1.54, 1.807) is 17.1 Å². The van der Waals surface area contributed by atoms with Crippen molar-refractivity contribution in [2.24, 2.45) is 0 Å². The molecule has 226 valence electrons. The number of ether oxygens (including phenoxy) is 1.